The maximum atomic E-state index is 11.9. The number of rotatable bonds is 2. The molecule has 0 amide bonds. The fourth-order valence-corrected chi connectivity index (χ4v) is 9.71. The first kappa shape index (κ1) is 25.6. The Hall–Kier alpha value is -2.04. The minimum Gasteiger partial charge on any atom is -0.487 e. The summed E-state index contributed by atoms with van der Waals surface area (Å²) in [5, 5.41) is 0. The van der Waals surface area contributed by atoms with Crippen LogP contribution in [-0.2, 0) is 20.7 Å². The first-order valence-electron chi connectivity index (χ1n) is 13.9. The van der Waals surface area contributed by atoms with Crippen LogP contribution in [0.15, 0.2) is 12.1 Å². The highest BCUT2D eigenvalue weighted by Crippen LogP contribution is 2.71. The molecule has 7 atom stereocenters. The fraction of sp³-hybridized carbons (Fsp3) is 0.742. The second kappa shape index (κ2) is 8.23. The fourth-order valence-electron chi connectivity index (χ4n) is 9.71. The van der Waals surface area contributed by atoms with Crippen LogP contribution in [0.4, 0.5) is 0 Å². The maximum Gasteiger partial charge on any atom is 0.308 e. The molecule has 36 heavy (non-hydrogen) atoms. The molecule has 1 heterocycles. The lowest BCUT2D eigenvalue weighted by molar-refractivity contribution is -0.228. The van der Waals surface area contributed by atoms with Gasteiger partial charge in [-0.05, 0) is 105 Å². The van der Waals surface area contributed by atoms with E-state index in [1.54, 1.807) is 6.92 Å². The van der Waals surface area contributed by atoms with E-state index >= 15 is 0 Å². The summed E-state index contributed by atoms with van der Waals surface area (Å²) in [6.07, 6.45) is 7.54. The molecule has 0 N–H and O–H groups in total. The van der Waals surface area contributed by atoms with E-state index in [1.807, 2.05) is 12.1 Å². The van der Waals surface area contributed by atoms with Crippen molar-refractivity contribution in [3.8, 4) is 11.5 Å². The Balaban J connectivity index is 1.50. The van der Waals surface area contributed by atoms with Crippen LogP contribution in [0.5, 0.6) is 11.5 Å². The average molecular weight is 497 g/mol. The molecule has 1 aliphatic heterocycles. The quantitative estimate of drug-likeness (QED) is 0.332. The minimum atomic E-state index is -0.293. The lowest BCUT2D eigenvalue weighted by Crippen LogP contribution is -2.66. The molecule has 4 aliphatic rings. The molecule has 0 saturated heterocycles. The topological polar surface area (TPSA) is 61.8 Å². The summed E-state index contributed by atoms with van der Waals surface area (Å²) in [6.45, 7) is 17.1. The van der Waals surface area contributed by atoms with E-state index in [9.17, 15) is 9.59 Å². The largest absolute Gasteiger partial charge is 0.487 e. The van der Waals surface area contributed by atoms with E-state index in [4.69, 9.17) is 14.2 Å². The zero-order valence-electron chi connectivity index (χ0n) is 23.5. The van der Waals surface area contributed by atoms with Gasteiger partial charge in [-0.2, -0.15) is 0 Å². The summed E-state index contributed by atoms with van der Waals surface area (Å²) in [7, 11) is 0. The molecule has 5 rings (SSSR count). The highest BCUT2D eigenvalue weighted by atomic mass is 16.5. The number of carbonyl (C=O) groups excluding carboxylic acids is 2. The second-order valence-corrected chi connectivity index (χ2v) is 13.6. The van der Waals surface area contributed by atoms with E-state index in [-0.39, 0.29) is 39.9 Å². The molecule has 5 nitrogen and oxygen atoms in total. The molecule has 5 heteroatoms. The normalized spacial score (nSPS) is 40.4. The lowest BCUT2D eigenvalue weighted by atomic mass is 9.37. The van der Waals surface area contributed by atoms with Crippen molar-refractivity contribution >= 4 is 11.9 Å². The molecular weight excluding hydrogens is 452 g/mol. The van der Waals surface area contributed by atoms with Gasteiger partial charge in [0.05, 0.1) is 0 Å². The second-order valence-electron chi connectivity index (χ2n) is 13.6. The van der Waals surface area contributed by atoms with Gasteiger partial charge in [-0.1, -0.05) is 27.7 Å². The third-order valence-corrected chi connectivity index (χ3v) is 11.1. The average Bonchev–Trinajstić information content (AvgIpc) is 2.74. The van der Waals surface area contributed by atoms with Gasteiger partial charge in [0.25, 0.3) is 0 Å². The van der Waals surface area contributed by atoms with E-state index in [0.29, 0.717) is 23.5 Å². The smallest absolute Gasteiger partial charge is 0.308 e. The van der Waals surface area contributed by atoms with Crippen molar-refractivity contribution in [2.24, 2.45) is 34.0 Å². The first-order chi connectivity index (χ1) is 16.7. The van der Waals surface area contributed by atoms with Crippen molar-refractivity contribution < 1.29 is 23.8 Å². The van der Waals surface area contributed by atoms with E-state index < -0.39 is 0 Å². The summed E-state index contributed by atoms with van der Waals surface area (Å²) in [5.74, 6) is 2.67. The van der Waals surface area contributed by atoms with Crippen LogP contribution in [-0.4, -0.2) is 23.6 Å². The Morgan fingerprint density at radius 2 is 1.50 bits per heavy atom. The molecule has 1 aromatic carbocycles. The van der Waals surface area contributed by atoms with Crippen LogP contribution >= 0.6 is 0 Å². The highest BCUT2D eigenvalue weighted by Gasteiger charge is 2.67. The monoisotopic (exact) mass is 496 g/mol. The van der Waals surface area contributed by atoms with Gasteiger partial charge in [-0.3, -0.25) is 9.59 Å². The molecular formula is C31H44O5. The van der Waals surface area contributed by atoms with E-state index in [1.165, 1.54) is 18.9 Å². The molecule has 1 aromatic rings. The number of benzene rings is 1. The molecule has 3 fully saturated rings. The number of hydrogen-bond donors (Lipinski definition) is 0. The molecule has 0 bridgehead atoms. The van der Waals surface area contributed by atoms with Crippen molar-refractivity contribution in [2.45, 2.75) is 112 Å². The van der Waals surface area contributed by atoms with Gasteiger partial charge in [0.2, 0.25) is 0 Å². The van der Waals surface area contributed by atoms with Crippen molar-refractivity contribution in [3.05, 3.63) is 23.3 Å². The molecule has 3 aliphatic carbocycles. The Kier molecular flexibility index (Phi) is 5.85. The van der Waals surface area contributed by atoms with Crippen LogP contribution < -0.4 is 9.47 Å². The van der Waals surface area contributed by atoms with Crippen molar-refractivity contribution in [1.82, 2.24) is 0 Å². The van der Waals surface area contributed by atoms with Crippen molar-refractivity contribution in [3.63, 3.8) is 0 Å². The van der Waals surface area contributed by atoms with Crippen LogP contribution in [0.25, 0.3) is 0 Å². The van der Waals surface area contributed by atoms with Crippen molar-refractivity contribution in [2.75, 3.05) is 0 Å². The minimum absolute atomic E-state index is 0.00106. The predicted molar refractivity (Wildman–Crippen MR) is 139 cm³/mol. The zero-order valence-corrected chi connectivity index (χ0v) is 23.5. The van der Waals surface area contributed by atoms with Gasteiger partial charge in [-0.25, -0.2) is 0 Å². The van der Waals surface area contributed by atoms with Gasteiger partial charge in [0.1, 0.15) is 23.2 Å². The van der Waals surface area contributed by atoms with Crippen LogP contribution in [0.3, 0.4) is 0 Å². The molecule has 0 spiro atoms. The van der Waals surface area contributed by atoms with E-state index in [2.05, 4.69) is 41.5 Å². The van der Waals surface area contributed by atoms with Crippen molar-refractivity contribution in [1.29, 1.82) is 0 Å². The van der Waals surface area contributed by atoms with Gasteiger partial charge in [-0.15, -0.1) is 0 Å². The molecule has 0 radical (unpaired) electrons. The third kappa shape index (κ3) is 3.70. The predicted octanol–water partition coefficient (Wildman–Crippen LogP) is 6.81. The molecule has 198 valence electrons. The van der Waals surface area contributed by atoms with Crippen LogP contribution in [0, 0.1) is 40.9 Å². The third-order valence-electron chi connectivity index (χ3n) is 11.1. The number of esters is 2. The SMILES string of the molecule is CC(=O)Oc1cc(C)c2c(c1)C[C@@H]1[C@]3(C)CC[C@H]4C(C)(C)[C@@H](OC(C)=O)CC[C@]4(C)[C@H]3CC[C@@]1(C)O2. The summed E-state index contributed by atoms with van der Waals surface area (Å²) >= 11 is 0. The first-order valence-corrected chi connectivity index (χ1v) is 13.9. The molecule has 3 saturated carbocycles. The summed E-state index contributed by atoms with van der Waals surface area (Å²) in [4.78, 5) is 23.5. The molecule has 0 unspecified atom stereocenters. The summed E-state index contributed by atoms with van der Waals surface area (Å²) < 4.78 is 18.2. The Morgan fingerprint density at radius 3 is 2.17 bits per heavy atom. The van der Waals surface area contributed by atoms with Crippen LogP contribution in [0.1, 0.15) is 98.1 Å². The highest BCUT2D eigenvalue weighted by molar-refractivity contribution is 5.70. The van der Waals surface area contributed by atoms with Gasteiger partial charge >= 0.3 is 11.9 Å². The number of fused-ring (bicyclic) bond motifs is 6. The zero-order chi connectivity index (χ0) is 26.3. The van der Waals surface area contributed by atoms with Crippen LogP contribution in [0.2, 0.25) is 0 Å². The van der Waals surface area contributed by atoms with Gasteiger partial charge in [0.15, 0.2) is 0 Å². The number of ether oxygens (including phenoxy) is 3. The van der Waals surface area contributed by atoms with Gasteiger partial charge < -0.3 is 14.2 Å². The maximum absolute atomic E-state index is 11.9. The number of carbonyl (C=O) groups is 2. The molecule has 0 aromatic heterocycles. The Morgan fingerprint density at radius 1 is 0.861 bits per heavy atom. The standard InChI is InChI=1S/C31H44O5/c1-18-15-22(34-19(2)32)16-21-17-25-30(7)12-9-23-28(4,5)26(35-20(3)33)11-13-29(23,6)24(30)10-14-31(25,8)36-27(18)21/h15-16,23-26H,9-14,17H2,1-8H3/t23-,24+,25+,26-,29-,30+,31+/m0/s1. The lowest BCUT2D eigenvalue weighted by Gasteiger charge is -2.69. The summed E-state index contributed by atoms with van der Waals surface area (Å²) in [5.41, 5.74) is 2.35. The summed E-state index contributed by atoms with van der Waals surface area (Å²) in [6, 6.07) is 3.95. The number of aryl methyl sites for hydroxylation is 1. The Bertz CT molecular complexity index is 1090. The van der Waals surface area contributed by atoms with E-state index in [0.717, 1.165) is 49.8 Å². The number of hydrogen-bond acceptors (Lipinski definition) is 5. The Labute approximate surface area is 216 Å². The van der Waals surface area contributed by atoms with Gasteiger partial charge in [0, 0.05) is 25.2 Å².